The zero-order valence-electron chi connectivity index (χ0n) is 9.88. The van der Waals surface area contributed by atoms with Crippen molar-refractivity contribution in [3.8, 4) is 0 Å². The molecule has 0 bridgehead atoms. The summed E-state index contributed by atoms with van der Waals surface area (Å²) in [6.45, 7) is 0. The van der Waals surface area contributed by atoms with Gasteiger partial charge in [-0.2, -0.15) is 0 Å². The van der Waals surface area contributed by atoms with E-state index >= 15 is 0 Å². The van der Waals surface area contributed by atoms with Crippen molar-refractivity contribution in [2.45, 2.75) is 23.8 Å². The molecule has 18 heavy (non-hydrogen) atoms. The lowest BCUT2D eigenvalue weighted by atomic mass is 10.2. The maximum Gasteiger partial charge on any atom is 0.123 e. The van der Waals surface area contributed by atoms with Crippen LogP contribution in [0.25, 0.3) is 0 Å². The molecule has 1 heterocycles. The van der Waals surface area contributed by atoms with Gasteiger partial charge in [0.25, 0.3) is 0 Å². The van der Waals surface area contributed by atoms with Crippen molar-refractivity contribution in [2.75, 3.05) is 5.75 Å². The van der Waals surface area contributed by atoms with Gasteiger partial charge in [-0.3, -0.25) is 0 Å². The molecule has 1 aromatic carbocycles. The predicted octanol–water partition coefficient (Wildman–Crippen LogP) is 3.97. The zero-order valence-corrected chi connectivity index (χ0v) is 11.5. The van der Waals surface area contributed by atoms with E-state index < -0.39 is 0 Å². The number of aliphatic hydroxyl groups is 1. The molecule has 0 aliphatic heterocycles. The monoisotopic (exact) mass is 282 g/mol. The van der Waals surface area contributed by atoms with E-state index in [9.17, 15) is 9.50 Å². The van der Waals surface area contributed by atoms with Crippen LogP contribution in [0.5, 0.6) is 0 Å². The van der Waals surface area contributed by atoms with Crippen molar-refractivity contribution in [3.63, 3.8) is 0 Å². The molecule has 2 rings (SSSR count). The molecule has 0 radical (unpaired) electrons. The summed E-state index contributed by atoms with van der Waals surface area (Å²) in [6.07, 6.45) is 1.37. The fraction of sp³-hybridized carbons (Fsp3) is 0.286. The van der Waals surface area contributed by atoms with E-state index in [-0.39, 0.29) is 11.9 Å². The number of thioether (sulfide) groups is 1. The van der Waals surface area contributed by atoms with Crippen molar-refractivity contribution >= 4 is 23.1 Å². The maximum atomic E-state index is 12.7. The highest BCUT2D eigenvalue weighted by molar-refractivity contribution is 7.99. The van der Waals surface area contributed by atoms with Gasteiger partial charge in [-0.15, -0.1) is 23.1 Å². The average Bonchev–Trinajstić information content (AvgIpc) is 2.89. The second kappa shape index (κ2) is 6.92. The first kappa shape index (κ1) is 13.6. The molecule has 4 heteroatoms. The van der Waals surface area contributed by atoms with Gasteiger partial charge in [-0.05, 0) is 48.6 Å². The van der Waals surface area contributed by atoms with Gasteiger partial charge >= 0.3 is 0 Å². The summed E-state index contributed by atoms with van der Waals surface area (Å²) in [5.74, 6) is 0.425. The second-order valence-corrected chi connectivity index (χ2v) is 6.16. The number of rotatable bonds is 6. The molecular formula is C14H15FOS2. The van der Waals surface area contributed by atoms with E-state index in [1.807, 2.05) is 6.07 Å². The van der Waals surface area contributed by atoms with Crippen molar-refractivity contribution < 1.29 is 9.50 Å². The van der Waals surface area contributed by atoms with Gasteiger partial charge in [0.1, 0.15) is 5.82 Å². The SMILES string of the molecule is OC(CCc1cccs1)CSc1ccc(F)cc1. The Balaban J connectivity index is 1.71. The average molecular weight is 282 g/mol. The minimum absolute atomic E-state index is 0.224. The van der Waals surface area contributed by atoms with E-state index in [1.54, 1.807) is 35.2 Å². The highest BCUT2D eigenvalue weighted by Crippen LogP contribution is 2.21. The summed E-state index contributed by atoms with van der Waals surface area (Å²) < 4.78 is 12.7. The topological polar surface area (TPSA) is 20.2 Å². The smallest absolute Gasteiger partial charge is 0.123 e. The largest absolute Gasteiger partial charge is 0.392 e. The molecule has 0 aliphatic carbocycles. The minimum Gasteiger partial charge on any atom is -0.392 e. The minimum atomic E-state index is -0.317. The summed E-state index contributed by atoms with van der Waals surface area (Å²) in [5.41, 5.74) is 0. The van der Waals surface area contributed by atoms with Gasteiger partial charge in [0.2, 0.25) is 0 Å². The second-order valence-electron chi connectivity index (χ2n) is 4.04. The Morgan fingerprint density at radius 3 is 2.67 bits per heavy atom. The first-order valence-electron chi connectivity index (χ1n) is 5.83. The third-order valence-corrected chi connectivity index (χ3v) is 4.65. The maximum absolute atomic E-state index is 12.7. The number of hydrogen-bond acceptors (Lipinski definition) is 3. The van der Waals surface area contributed by atoms with E-state index in [1.165, 1.54) is 17.0 Å². The van der Waals surface area contributed by atoms with Gasteiger partial charge in [0.15, 0.2) is 0 Å². The van der Waals surface area contributed by atoms with Crippen molar-refractivity contribution in [2.24, 2.45) is 0 Å². The first-order valence-corrected chi connectivity index (χ1v) is 7.69. The van der Waals surface area contributed by atoms with E-state index in [0.29, 0.717) is 5.75 Å². The number of hydrogen-bond donors (Lipinski definition) is 1. The van der Waals surface area contributed by atoms with Gasteiger partial charge in [-0.1, -0.05) is 6.07 Å². The van der Waals surface area contributed by atoms with Crippen LogP contribution in [0, 0.1) is 5.82 Å². The molecular weight excluding hydrogens is 267 g/mol. The Morgan fingerprint density at radius 1 is 1.22 bits per heavy atom. The quantitative estimate of drug-likeness (QED) is 0.809. The van der Waals surface area contributed by atoms with E-state index in [2.05, 4.69) is 11.4 Å². The summed E-state index contributed by atoms with van der Waals surface area (Å²) in [7, 11) is 0. The Bertz CT molecular complexity index is 453. The Labute approximate surface area is 115 Å². The van der Waals surface area contributed by atoms with Crippen LogP contribution < -0.4 is 0 Å². The lowest BCUT2D eigenvalue weighted by Gasteiger charge is -2.09. The number of halogens is 1. The molecule has 0 saturated heterocycles. The van der Waals surface area contributed by atoms with Crippen LogP contribution in [0.3, 0.4) is 0 Å². The fourth-order valence-corrected chi connectivity index (χ4v) is 3.18. The molecule has 1 N–H and O–H groups in total. The van der Waals surface area contributed by atoms with Crippen molar-refractivity contribution in [1.29, 1.82) is 0 Å². The van der Waals surface area contributed by atoms with Gasteiger partial charge in [-0.25, -0.2) is 4.39 Å². The molecule has 1 aromatic heterocycles. The lowest BCUT2D eigenvalue weighted by Crippen LogP contribution is -2.10. The highest BCUT2D eigenvalue weighted by atomic mass is 32.2. The summed E-state index contributed by atoms with van der Waals surface area (Å²) >= 11 is 3.28. The number of thiophene rings is 1. The molecule has 0 amide bonds. The molecule has 1 atom stereocenters. The first-order chi connectivity index (χ1) is 8.74. The Kier molecular flexibility index (Phi) is 5.23. The van der Waals surface area contributed by atoms with Crippen LogP contribution in [0.1, 0.15) is 11.3 Å². The molecule has 2 aromatic rings. The number of aryl methyl sites for hydroxylation is 1. The third-order valence-electron chi connectivity index (χ3n) is 2.56. The third kappa shape index (κ3) is 4.44. The van der Waals surface area contributed by atoms with E-state index in [4.69, 9.17) is 0 Å². The molecule has 0 fully saturated rings. The van der Waals surface area contributed by atoms with Crippen LogP contribution in [0.15, 0.2) is 46.7 Å². The molecule has 0 saturated carbocycles. The van der Waals surface area contributed by atoms with Crippen LogP contribution in [0.2, 0.25) is 0 Å². The molecule has 0 spiro atoms. The standard InChI is InChI=1S/C14H15FOS2/c15-11-3-6-14(7-4-11)18-10-12(16)5-8-13-2-1-9-17-13/h1-4,6-7,9,12,16H,5,8,10H2. The summed E-state index contributed by atoms with van der Waals surface area (Å²) in [5, 5.41) is 11.9. The van der Waals surface area contributed by atoms with Gasteiger partial charge in [0, 0.05) is 15.5 Å². The molecule has 1 nitrogen and oxygen atoms in total. The number of benzene rings is 1. The number of aliphatic hydroxyl groups excluding tert-OH is 1. The summed E-state index contributed by atoms with van der Waals surface area (Å²) in [4.78, 5) is 2.30. The van der Waals surface area contributed by atoms with Crippen LogP contribution >= 0.6 is 23.1 Å². The van der Waals surface area contributed by atoms with Gasteiger partial charge in [0.05, 0.1) is 6.10 Å². The van der Waals surface area contributed by atoms with Gasteiger partial charge < -0.3 is 5.11 Å². The van der Waals surface area contributed by atoms with Crippen LogP contribution in [0.4, 0.5) is 4.39 Å². The summed E-state index contributed by atoms with van der Waals surface area (Å²) in [6, 6.07) is 10.5. The fourth-order valence-electron chi connectivity index (χ4n) is 1.57. The van der Waals surface area contributed by atoms with Crippen LogP contribution in [-0.2, 0) is 6.42 Å². The van der Waals surface area contributed by atoms with Crippen molar-refractivity contribution in [3.05, 3.63) is 52.5 Å². The van der Waals surface area contributed by atoms with E-state index in [0.717, 1.165) is 17.7 Å². The zero-order chi connectivity index (χ0) is 12.8. The molecule has 96 valence electrons. The normalized spacial score (nSPS) is 12.6. The predicted molar refractivity (Wildman–Crippen MR) is 75.8 cm³/mol. The lowest BCUT2D eigenvalue weighted by molar-refractivity contribution is 0.190. The Hall–Kier alpha value is -0.840. The molecule has 0 aliphatic rings. The Morgan fingerprint density at radius 2 is 2.00 bits per heavy atom. The van der Waals surface area contributed by atoms with Crippen molar-refractivity contribution in [1.82, 2.24) is 0 Å². The highest BCUT2D eigenvalue weighted by Gasteiger charge is 2.06. The molecule has 1 unspecified atom stereocenters. The van der Waals surface area contributed by atoms with Crippen LogP contribution in [-0.4, -0.2) is 17.0 Å².